The molecular weight excluding hydrogens is 326 g/mol. The van der Waals surface area contributed by atoms with Gasteiger partial charge in [-0.3, -0.25) is 4.90 Å². The van der Waals surface area contributed by atoms with Crippen molar-refractivity contribution in [1.29, 1.82) is 0 Å². The highest BCUT2D eigenvalue weighted by Crippen LogP contribution is 2.37. The molecule has 3 rings (SSSR count). The van der Waals surface area contributed by atoms with Crippen LogP contribution in [0.4, 0.5) is 0 Å². The number of aliphatic hydroxyl groups excluding tert-OH is 1. The quantitative estimate of drug-likeness (QED) is 0.567. The van der Waals surface area contributed by atoms with Gasteiger partial charge in [-0.25, -0.2) is 4.79 Å². The van der Waals surface area contributed by atoms with Gasteiger partial charge in [0.15, 0.2) is 0 Å². The molecule has 0 bridgehead atoms. The van der Waals surface area contributed by atoms with E-state index >= 15 is 0 Å². The van der Waals surface area contributed by atoms with Crippen LogP contribution in [0.15, 0.2) is 12.7 Å². The molecule has 3 saturated carbocycles. The highest BCUT2D eigenvalue weighted by molar-refractivity contribution is 5.81. The van der Waals surface area contributed by atoms with Crippen molar-refractivity contribution in [3.63, 3.8) is 0 Å². The number of nitrogens with zero attached hydrogens (tertiary/aromatic N) is 1. The normalized spacial score (nSPS) is 33.8. The molecule has 148 valence electrons. The summed E-state index contributed by atoms with van der Waals surface area (Å²) in [5.74, 6) is 0.244. The van der Waals surface area contributed by atoms with Crippen molar-refractivity contribution in [3.05, 3.63) is 12.7 Å². The van der Waals surface area contributed by atoms with Gasteiger partial charge in [0.25, 0.3) is 0 Å². The van der Waals surface area contributed by atoms with Crippen molar-refractivity contribution in [1.82, 2.24) is 4.90 Å². The Kier molecular flexibility index (Phi) is 7.56. The van der Waals surface area contributed by atoms with E-state index < -0.39 is 0 Å². The lowest BCUT2D eigenvalue weighted by molar-refractivity contribution is -0.145. The third-order valence-corrected chi connectivity index (χ3v) is 7.01. The van der Waals surface area contributed by atoms with E-state index in [-0.39, 0.29) is 12.1 Å². The molecule has 3 aliphatic rings. The number of hydrogen-bond acceptors (Lipinski definition) is 4. The lowest BCUT2D eigenvalue weighted by Gasteiger charge is -2.48. The number of carbonyl (C=O) groups excluding carboxylic acids is 1. The Morgan fingerprint density at radius 3 is 1.96 bits per heavy atom. The number of carbonyl (C=O) groups is 1. The fraction of sp³-hybridized carbons (Fsp3) is 0.864. The molecule has 0 saturated heterocycles. The molecular formula is C22H37NO3. The Labute approximate surface area is 159 Å². The summed E-state index contributed by atoms with van der Waals surface area (Å²) in [6.07, 6.45) is 17.3. The summed E-state index contributed by atoms with van der Waals surface area (Å²) in [7, 11) is 0. The maximum atomic E-state index is 11.5. The van der Waals surface area contributed by atoms with Gasteiger partial charge in [0, 0.05) is 30.8 Å². The number of rotatable bonds is 6. The third kappa shape index (κ3) is 5.10. The minimum Gasteiger partial charge on any atom is -0.459 e. The maximum Gasteiger partial charge on any atom is 0.330 e. The smallest absolute Gasteiger partial charge is 0.330 e. The Morgan fingerprint density at radius 1 is 0.885 bits per heavy atom. The van der Waals surface area contributed by atoms with Gasteiger partial charge in [-0.1, -0.05) is 25.8 Å². The molecule has 1 N–H and O–H groups in total. The Morgan fingerprint density at radius 2 is 1.42 bits per heavy atom. The van der Waals surface area contributed by atoms with E-state index in [9.17, 15) is 9.90 Å². The molecule has 3 fully saturated rings. The van der Waals surface area contributed by atoms with Crippen LogP contribution in [-0.2, 0) is 9.53 Å². The molecule has 0 aliphatic heterocycles. The van der Waals surface area contributed by atoms with Crippen molar-refractivity contribution < 1.29 is 14.6 Å². The molecule has 0 atom stereocenters. The first-order valence-corrected chi connectivity index (χ1v) is 10.9. The predicted octanol–water partition coefficient (Wildman–Crippen LogP) is 4.21. The molecule has 3 aliphatic carbocycles. The van der Waals surface area contributed by atoms with Gasteiger partial charge < -0.3 is 9.84 Å². The van der Waals surface area contributed by atoms with Crippen molar-refractivity contribution in [2.45, 2.75) is 108 Å². The fourth-order valence-electron chi connectivity index (χ4n) is 5.57. The third-order valence-electron chi connectivity index (χ3n) is 7.01. The van der Waals surface area contributed by atoms with E-state index in [1.165, 1.54) is 63.9 Å². The monoisotopic (exact) mass is 363 g/mol. The Hall–Kier alpha value is -0.870. The molecule has 4 heteroatoms. The lowest BCUT2D eigenvalue weighted by Crippen LogP contribution is -2.52. The first-order valence-electron chi connectivity index (χ1n) is 10.9. The summed E-state index contributed by atoms with van der Waals surface area (Å²) in [5, 5.41) is 9.47. The summed E-state index contributed by atoms with van der Waals surface area (Å²) >= 11 is 0. The van der Waals surface area contributed by atoms with Crippen LogP contribution >= 0.6 is 0 Å². The van der Waals surface area contributed by atoms with Crippen LogP contribution < -0.4 is 0 Å². The molecule has 0 spiro atoms. The average molecular weight is 364 g/mol. The first kappa shape index (κ1) is 19.9. The maximum absolute atomic E-state index is 11.5. The van der Waals surface area contributed by atoms with Crippen LogP contribution in [0.2, 0.25) is 0 Å². The van der Waals surface area contributed by atoms with Crippen LogP contribution in [0.1, 0.15) is 83.5 Å². The minimum atomic E-state index is -0.278. The van der Waals surface area contributed by atoms with E-state index in [1.54, 1.807) is 0 Å². The lowest BCUT2D eigenvalue weighted by atomic mass is 9.81. The Balaban J connectivity index is 1.60. The van der Waals surface area contributed by atoms with E-state index in [2.05, 4.69) is 11.5 Å². The largest absolute Gasteiger partial charge is 0.459 e. The minimum absolute atomic E-state index is 0.0788. The van der Waals surface area contributed by atoms with Crippen LogP contribution in [0.3, 0.4) is 0 Å². The zero-order valence-electron chi connectivity index (χ0n) is 16.3. The molecule has 0 radical (unpaired) electrons. The highest BCUT2D eigenvalue weighted by Gasteiger charge is 2.37. The average Bonchev–Trinajstić information content (AvgIpc) is 2.71. The molecule has 0 aromatic rings. The van der Waals surface area contributed by atoms with Crippen molar-refractivity contribution >= 4 is 5.97 Å². The molecule has 0 unspecified atom stereocenters. The van der Waals surface area contributed by atoms with Crippen LogP contribution in [0.25, 0.3) is 0 Å². The first-order chi connectivity index (χ1) is 12.7. The van der Waals surface area contributed by atoms with Crippen LogP contribution in [0.5, 0.6) is 0 Å². The van der Waals surface area contributed by atoms with Crippen LogP contribution in [0, 0.1) is 5.92 Å². The standard InChI is InChI=1S/C22H37NO3/c1-2-22(25)26-21-14-12-20(13-15-21)23(18-6-4-3-5-7-18)19-10-8-17(16-24)9-11-19/h2,17-21,24H,1,3-16H2. The van der Waals surface area contributed by atoms with Crippen molar-refractivity contribution in [2.24, 2.45) is 5.92 Å². The molecule has 0 aromatic heterocycles. The van der Waals surface area contributed by atoms with Gasteiger partial charge in [0.05, 0.1) is 0 Å². The number of esters is 1. The molecule has 26 heavy (non-hydrogen) atoms. The van der Waals surface area contributed by atoms with Gasteiger partial charge in [-0.15, -0.1) is 0 Å². The highest BCUT2D eigenvalue weighted by atomic mass is 16.5. The Bertz CT molecular complexity index is 444. The topological polar surface area (TPSA) is 49.8 Å². The number of aliphatic hydroxyl groups is 1. The summed E-state index contributed by atoms with van der Waals surface area (Å²) in [6, 6.07) is 2.09. The molecule has 4 nitrogen and oxygen atoms in total. The van der Waals surface area contributed by atoms with Crippen molar-refractivity contribution in [2.75, 3.05) is 6.61 Å². The second kappa shape index (κ2) is 9.89. The zero-order valence-corrected chi connectivity index (χ0v) is 16.3. The predicted molar refractivity (Wildman–Crippen MR) is 104 cm³/mol. The number of hydrogen-bond donors (Lipinski definition) is 1. The van der Waals surface area contributed by atoms with Gasteiger partial charge in [0.2, 0.25) is 0 Å². The summed E-state index contributed by atoms with van der Waals surface area (Å²) in [4.78, 5) is 14.4. The van der Waals surface area contributed by atoms with Crippen molar-refractivity contribution in [3.8, 4) is 0 Å². The van der Waals surface area contributed by atoms with E-state index in [0.29, 0.717) is 24.6 Å². The summed E-state index contributed by atoms with van der Waals surface area (Å²) in [5.41, 5.74) is 0. The zero-order chi connectivity index (χ0) is 18.4. The molecule has 0 aromatic carbocycles. The van der Waals surface area contributed by atoms with Crippen LogP contribution in [-0.4, -0.2) is 46.8 Å². The molecule has 0 amide bonds. The van der Waals surface area contributed by atoms with Gasteiger partial charge in [-0.05, 0) is 70.1 Å². The van der Waals surface area contributed by atoms with Gasteiger partial charge in [0.1, 0.15) is 6.10 Å². The van der Waals surface area contributed by atoms with Gasteiger partial charge in [-0.2, -0.15) is 0 Å². The second-order valence-corrected chi connectivity index (χ2v) is 8.67. The summed E-state index contributed by atoms with van der Waals surface area (Å²) < 4.78 is 5.48. The summed E-state index contributed by atoms with van der Waals surface area (Å²) in [6.45, 7) is 3.86. The van der Waals surface area contributed by atoms with Gasteiger partial charge >= 0.3 is 5.97 Å². The van der Waals surface area contributed by atoms with E-state index in [1.807, 2.05) is 0 Å². The van der Waals surface area contributed by atoms with E-state index in [0.717, 1.165) is 31.7 Å². The fourth-order valence-corrected chi connectivity index (χ4v) is 5.57. The molecule has 0 heterocycles. The van der Waals surface area contributed by atoms with E-state index in [4.69, 9.17) is 4.74 Å². The number of ether oxygens (including phenoxy) is 1. The second-order valence-electron chi connectivity index (χ2n) is 8.67. The SMILES string of the molecule is C=CC(=O)OC1CCC(N(C2CCCCC2)C2CCC(CO)CC2)CC1.